The molecule has 0 bridgehead atoms. The number of aromatic nitrogens is 3. The van der Waals surface area contributed by atoms with E-state index in [0.29, 0.717) is 5.75 Å². The number of hydrogen-bond donors (Lipinski definition) is 1. The average molecular weight is 246 g/mol. The number of hydrogen-bond acceptors (Lipinski definition) is 4. The third-order valence-electron chi connectivity index (χ3n) is 2.66. The van der Waals surface area contributed by atoms with Crippen molar-refractivity contribution in [3.63, 3.8) is 0 Å². The highest BCUT2D eigenvalue weighted by Gasteiger charge is 2.16. The molecule has 0 aliphatic carbocycles. The zero-order chi connectivity index (χ0) is 13.1. The Kier molecular flexibility index (Phi) is 3.62. The zero-order valence-corrected chi connectivity index (χ0v) is 10.9. The van der Waals surface area contributed by atoms with Gasteiger partial charge in [-0.1, -0.05) is 0 Å². The fourth-order valence-corrected chi connectivity index (χ4v) is 1.88. The summed E-state index contributed by atoms with van der Waals surface area (Å²) in [5.41, 5.74) is 7.86. The lowest BCUT2D eigenvalue weighted by molar-refractivity contribution is 0.423. The van der Waals surface area contributed by atoms with Gasteiger partial charge in [-0.05, 0) is 32.4 Å². The van der Waals surface area contributed by atoms with E-state index in [1.165, 1.54) is 0 Å². The maximum atomic E-state index is 5.86. The minimum Gasteiger partial charge on any atom is -0.437 e. The molecule has 0 saturated heterocycles. The van der Waals surface area contributed by atoms with E-state index in [4.69, 9.17) is 10.5 Å². The van der Waals surface area contributed by atoms with Crippen LogP contribution in [0.4, 0.5) is 0 Å². The van der Waals surface area contributed by atoms with Gasteiger partial charge in [-0.2, -0.15) is 5.10 Å². The normalized spacial score (nSPS) is 12.4. The summed E-state index contributed by atoms with van der Waals surface area (Å²) in [6, 6.07) is 3.78. The molecule has 2 N–H and O–H groups in total. The van der Waals surface area contributed by atoms with E-state index >= 15 is 0 Å². The van der Waals surface area contributed by atoms with Crippen molar-refractivity contribution in [1.29, 1.82) is 0 Å². The van der Waals surface area contributed by atoms with Crippen molar-refractivity contribution in [2.75, 3.05) is 0 Å². The van der Waals surface area contributed by atoms with Crippen molar-refractivity contribution in [2.24, 2.45) is 12.8 Å². The van der Waals surface area contributed by atoms with Crippen LogP contribution >= 0.6 is 0 Å². The van der Waals surface area contributed by atoms with E-state index in [9.17, 15) is 0 Å². The second kappa shape index (κ2) is 5.18. The van der Waals surface area contributed by atoms with Gasteiger partial charge in [0.05, 0.1) is 11.9 Å². The fraction of sp³-hybridized carbons (Fsp3) is 0.385. The molecule has 0 aliphatic rings. The molecule has 0 radical (unpaired) electrons. The second-order valence-corrected chi connectivity index (χ2v) is 4.46. The zero-order valence-electron chi connectivity index (χ0n) is 10.9. The maximum absolute atomic E-state index is 5.86. The average Bonchev–Trinajstić information content (AvgIpc) is 2.57. The highest BCUT2D eigenvalue weighted by Crippen LogP contribution is 2.27. The molecule has 96 valence electrons. The molecule has 0 aromatic carbocycles. The standard InChI is InChI=1S/C13H18N4O/c1-9(14)7-12-10(2)16-17(3)13(12)18-11-5-4-6-15-8-11/h4-6,8-9H,7,14H2,1-3H3. The van der Waals surface area contributed by atoms with Crippen LogP contribution in [0.5, 0.6) is 11.6 Å². The molecule has 1 atom stereocenters. The van der Waals surface area contributed by atoms with E-state index in [2.05, 4.69) is 10.1 Å². The van der Waals surface area contributed by atoms with Gasteiger partial charge in [-0.15, -0.1) is 0 Å². The van der Waals surface area contributed by atoms with Crippen LogP contribution in [-0.4, -0.2) is 20.8 Å². The molecule has 5 nitrogen and oxygen atoms in total. The molecule has 2 aromatic heterocycles. The quantitative estimate of drug-likeness (QED) is 0.893. The highest BCUT2D eigenvalue weighted by molar-refractivity contribution is 5.35. The van der Waals surface area contributed by atoms with Crippen molar-refractivity contribution in [3.8, 4) is 11.6 Å². The van der Waals surface area contributed by atoms with E-state index < -0.39 is 0 Å². The minimum atomic E-state index is 0.0733. The summed E-state index contributed by atoms with van der Waals surface area (Å²) in [5, 5.41) is 4.38. The number of ether oxygens (including phenoxy) is 1. The Bertz CT molecular complexity index is 519. The van der Waals surface area contributed by atoms with Gasteiger partial charge in [0.2, 0.25) is 5.88 Å². The van der Waals surface area contributed by atoms with Crippen LogP contribution < -0.4 is 10.5 Å². The first-order valence-electron chi connectivity index (χ1n) is 5.94. The van der Waals surface area contributed by atoms with Gasteiger partial charge in [-0.3, -0.25) is 4.98 Å². The van der Waals surface area contributed by atoms with Crippen LogP contribution in [0.3, 0.4) is 0 Å². The molecule has 2 heterocycles. The van der Waals surface area contributed by atoms with E-state index in [1.807, 2.05) is 33.0 Å². The number of pyridine rings is 1. The third-order valence-corrected chi connectivity index (χ3v) is 2.66. The van der Waals surface area contributed by atoms with E-state index in [1.54, 1.807) is 17.1 Å². The van der Waals surface area contributed by atoms with E-state index in [-0.39, 0.29) is 6.04 Å². The van der Waals surface area contributed by atoms with Crippen LogP contribution in [0.15, 0.2) is 24.5 Å². The van der Waals surface area contributed by atoms with Gasteiger partial charge in [0.25, 0.3) is 0 Å². The third kappa shape index (κ3) is 2.68. The van der Waals surface area contributed by atoms with Gasteiger partial charge >= 0.3 is 0 Å². The first kappa shape index (κ1) is 12.6. The Morgan fingerprint density at radius 3 is 2.89 bits per heavy atom. The summed E-state index contributed by atoms with van der Waals surface area (Å²) in [6.07, 6.45) is 4.14. The van der Waals surface area contributed by atoms with Gasteiger partial charge in [0, 0.05) is 24.8 Å². The molecular formula is C13H18N4O. The predicted octanol–water partition coefficient (Wildman–Crippen LogP) is 1.81. The lowest BCUT2D eigenvalue weighted by atomic mass is 10.1. The van der Waals surface area contributed by atoms with Crippen molar-refractivity contribution >= 4 is 0 Å². The van der Waals surface area contributed by atoms with Crippen molar-refractivity contribution < 1.29 is 4.74 Å². The van der Waals surface area contributed by atoms with Crippen LogP contribution in [0.25, 0.3) is 0 Å². The molecule has 2 rings (SSSR count). The fourth-order valence-electron chi connectivity index (χ4n) is 1.88. The summed E-state index contributed by atoms with van der Waals surface area (Å²) >= 11 is 0. The summed E-state index contributed by atoms with van der Waals surface area (Å²) in [7, 11) is 1.86. The van der Waals surface area contributed by atoms with Crippen LogP contribution in [-0.2, 0) is 13.5 Å². The Balaban J connectivity index is 2.32. The SMILES string of the molecule is Cc1nn(C)c(Oc2cccnc2)c1CC(C)N. The first-order valence-corrected chi connectivity index (χ1v) is 5.94. The summed E-state index contributed by atoms with van der Waals surface area (Å²) in [5.74, 6) is 1.43. The summed E-state index contributed by atoms with van der Waals surface area (Å²) < 4.78 is 7.58. The molecule has 18 heavy (non-hydrogen) atoms. The van der Waals surface area contributed by atoms with Crippen LogP contribution in [0, 0.1) is 6.92 Å². The molecule has 0 aliphatic heterocycles. The number of rotatable bonds is 4. The number of aryl methyl sites for hydroxylation is 2. The largest absolute Gasteiger partial charge is 0.437 e. The number of nitrogens with two attached hydrogens (primary N) is 1. The van der Waals surface area contributed by atoms with Crippen molar-refractivity contribution in [3.05, 3.63) is 35.8 Å². The topological polar surface area (TPSA) is 66.0 Å². The second-order valence-electron chi connectivity index (χ2n) is 4.46. The Hall–Kier alpha value is -1.88. The Labute approximate surface area is 107 Å². The van der Waals surface area contributed by atoms with Crippen molar-refractivity contribution in [2.45, 2.75) is 26.3 Å². The number of nitrogens with zero attached hydrogens (tertiary/aromatic N) is 3. The van der Waals surface area contributed by atoms with Gasteiger partial charge < -0.3 is 10.5 Å². The smallest absolute Gasteiger partial charge is 0.221 e. The molecule has 0 amide bonds. The maximum Gasteiger partial charge on any atom is 0.221 e. The van der Waals surface area contributed by atoms with Crippen LogP contribution in [0.1, 0.15) is 18.2 Å². The lowest BCUT2D eigenvalue weighted by Gasteiger charge is -2.10. The summed E-state index contributed by atoms with van der Waals surface area (Å²) in [6.45, 7) is 3.94. The molecule has 1 unspecified atom stereocenters. The summed E-state index contributed by atoms with van der Waals surface area (Å²) in [4.78, 5) is 4.03. The molecule has 0 fully saturated rings. The minimum absolute atomic E-state index is 0.0733. The van der Waals surface area contributed by atoms with Gasteiger partial charge in [0.15, 0.2) is 0 Å². The molecule has 5 heteroatoms. The van der Waals surface area contributed by atoms with Crippen molar-refractivity contribution in [1.82, 2.24) is 14.8 Å². The monoisotopic (exact) mass is 246 g/mol. The highest BCUT2D eigenvalue weighted by atomic mass is 16.5. The molecule has 2 aromatic rings. The van der Waals surface area contributed by atoms with Crippen LogP contribution in [0.2, 0.25) is 0 Å². The molecule has 0 saturated carbocycles. The lowest BCUT2D eigenvalue weighted by Crippen LogP contribution is -2.18. The van der Waals surface area contributed by atoms with Gasteiger partial charge in [0.1, 0.15) is 5.75 Å². The van der Waals surface area contributed by atoms with Gasteiger partial charge in [-0.25, -0.2) is 4.68 Å². The first-order chi connectivity index (χ1) is 8.58. The molecule has 0 spiro atoms. The predicted molar refractivity (Wildman–Crippen MR) is 69.6 cm³/mol. The van der Waals surface area contributed by atoms with E-state index in [0.717, 1.165) is 23.6 Å². The molecular weight excluding hydrogens is 228 g/mol. The Morgan fingerprint density at radius 2 is 2.28 bits per heavy atom. The Morgan fingerprint density at radius 1 is 1.50 bits per heavy atom.